The molecule has 0 nitrogen and oxygen atoms in total. The fraction of sp³-hybridized carbons (Fsp3) is 0.333. The molecule has 22 heavy (non-hydrogen) atoms. The fourth-order valence-electron chi connectivity index (χ4n) is 3.01. The molecule has 0 aromatic heterocycles. The first-order chi connectivity index (χ1) is 10.1. The maximum Gasteiger partial charge on any atom is 0.316 e. The molecule has 2 aromatic rings. The van der Waals surface area contributed by atoms with Crippen molar-refractivity contribution in [3.63, 3.8) is 0 Å². The zero-order chi connectivity index (χ0) is 14.8. The van der Waals surface area contributed by atoms with Gasteiger partial charge in [-0.2, -0.15) is 0 Å². The van der Waals surface area contributed by atoms with Gasteiger partial charge in [-0.25, -0.2) is 8.78 Å². The van der Waals surface area contributed by atoms with Gasteiger partial charge < -0.3 is 0 Å². The molecule has 0 radical (unpaired) electrons. The van der Waals surface area contributed by atoms with E-state index in [1.165, 1.54) is 43.4 Å². The summed E-state index contributed by atoms with van der Waals surface area (Å²) in [6, 6.07) is 12.3. The zero-order valence-electron chi connectivity index (χ0n) is 11.7. The van der Waals surface area contributed by atoms with Crippen molar-refractivity contribution in [2.24, 2.45) is 0 Å². The van der Waals surface area contributed by atoms with Crippen molar-refractivity contribution in [3.8, 4) is 11.1 Å². The molecule has 0 N–H and O–H groups in total. The molecule has 0 heterocycles. The van der Waals surface area contributed by atoms with Crippen LogP contribution < -0.4 is 0 Å². The highest BCUT2D eigenvalue weighted by molar-refractivity contribution is 9.09. The monoisotopic (exact) mass is 376 g/mol. The third-order valence-corrected chi connectivity index (χ3v) is 5.21. The molecular formula is C18H19BrF2Mg. The summed E-state index contributed by atoms with van der Waals surface area (Å²) in [6.07, 6.45) is 4.85. The van der Waals surface area contributed by atoms with E-state index in [2.05, 4.69) is 28.1 Å². The van der Waals surface area contributed by atoms with Crippen molar-refractivity contribution in [2.75, 3.05) is 0 Å². The molecule has 0 spiro atoms. The summed E-state index contributed by atoms with van der Waals surface area (Å²) in [4.78, 5) is 0.662. The third kappa shape index (κ3) is 4.09. The zero-order valence-corrected chi connectivity index (χ0v) is 13.2. The van der Waals surface area contributed by atoms with Gasteiger partial charge in [0.05, 0.1) is 0 Å². The first-order valence-corrected chi connectivity index (χ1v) is 8.24. The molecule has 1 aliphatic rings. The summed E-state index contributed by atoms with van der Waals surface area (Å²) in [5.41, 5.74) is 2.98. The van der Waals surface area contributed by atoms with E-state index < -0.39 is 11.6 Å². The number of hydrogen-bond acceptors (Lipinski definition) is 0. The van der Waals surface area contributed by atoms with Crippen LogP contribution in [0.2, 0.25) is 0 Å². The van der Waals surface area contributed by atoms with E-state index in [-0.39, 0.29) is 23.1 Å². The molecule has 0 bridgehead atoms. The maximum absolute atomic E-state index is 13.3. The van der Waals surface area contributed by atoms with Crippen LogP contribution in [0.4, 0.5) is 8.78 Å². The summed E-state index contributed by atoms with van der Waals surface area (Å²) in [7, 11) is 0. The standard InChI is InChI=1S/C18H17BrF2.Mg.2H/c19-16-8-5-13(6-9-16)12-1-3-14(4-2-12)15-7-10-17(20)18(21)11-15;;;/h1-4,7,10-11,13,16H,5-6,8-9H2;;;. The second kappa shape index (κ2) is 7.89. The van der Waals surface area contributed by atoms with Gasteiger partial charge in [0.25, 0.3) is 0 Å². The van der Waals surface area contributed by atoms with Gasteiger partial charge in [0, 0.05) is 4.83 Å². The Balaban J connectivity index is 0.00000176. The number of benzene rings is 2. The smallest absolute Gasteiger partial charge is 0.204 e. The third-order valence-electron chi connectivity index (χ3n) is 4.29. The average Bonchev–Trinajstić information content (AvgIpc) is 2.51. The van der Waals surface area contributed by atoms with E-state index >= 15 is 0 Å². The maximum atomic E-state index is 13.3. The van der Waals surface area contributed by atoms with Crippen molar-refractivity contribution in [1.82, 2.24) is 0 Å². The first kappa shape index (κ1) is 17.9. The summed E-state index contributed by atoms with van der Waals surface area (Å²) in [5.74, 6) is -0.980. The van der Waals surface area contributed by atoms with Crippen LogP contribution in [0, 0.1) is 11.6 Å². The number of hydrogen-bond donors (Lipinski definition) is 0. The van der Waals surface area contributed by atoms with Crippen molar-refractivity contribution in [2.45, 2.75) is 36.4 Å². The number of alkyl halides is 1. The average molecular weight is 378 g/mol. The van der Waals surface area contributed by atoms with Gasteiger partial charge in [-0.3, -0.25) is 0 Å². The lowest BCUT2D eigenvalue weighted by Gasteiger charge is -2.25. The predicted molar refractivity (Wildman–Crippen MR) is 94.3 cm³/mol. The highest BCUT2D eigenvalue weighted by Crippen LogP contribution is 2.36. The molecule has 0 saturated heterocycles. The minimum Gasteiger partial charge on any atom is -0.204 e. The van der Waals surface area contributed by atoms with E-state index in [1.807, 2.05) is 12.1 Å². The molecule has 114 valence electrons. The predicted octanol–water partition coefficient (Wildman–Crippen LogP) is 5.14. The lowest BCUT2D eigenvalue weighted by atomic mass is 9.83. The van der Waals surface area contributed by atoms with Crippen LogP contribution in [-0.2, 0) is 0 Å². The SMILES string of the molecule is Fc1ccc(-c2ccc(C3CCC(Br)CC3)cc2)cc1F.[MgH2]. The molecule has 1 saturated carbocycles. The van der Waals surface area contributed by atoms with Crippen molar-refractivity contribution >= 4 is 39.0 Å². The fourth-order valence-corrected chi connectivity index (χ4v) is 3.54. The number of rotatable bonds is 2. The highest BCUT2D eigenvalue weighted by atomic mass is 79.9. The Kier molecular flexibility index (Phi) is 6.42. The van der Waals surface area contributed by atoms with Crippen LogP contribution in [0.5, 0.6) is 0 Å². The lowest BCUT2D eigenvalue weighted by molar-refractivity contribution is 0.457. The van der Waals surface area contributed by atoms with Gasteiger partial charge in [0.2, 0.25) is 0 Å². The minimum absolute atomic E-state index is 0. The lowest BCUT2D eigenvalue weighted by Crippen LogP contribution is -2.12. The van der Waals surface area contributed by atoms with Crippen LogP contribution in [0.15, 0.2) is 42.5 Å². The molecular weight excluding hydrogens is 358 g/mol. The minimum atomic E-state index is -0.804. The summed E-state index contributed by atoms with van der Waals surface area (Å²) < 4.78 is 26.3. The quantitative estimate of drug-likeness (QED) is 0.502. The van der Waals surface area contributed by atoms with E-state index in [1.54, 1.807) is 6.07 Å². The molecule has 1 fully saturated rings. The van der Waals surface area contributed by atoms with E-state index in [9.17, 15) is 8.78 Å². The van der Waals surface area contributed by atoms with Crippen LogP contribution in [0.1, 0.15) is 37.2 Å². The van der Waals surface area contributed by atoms with Gasteiger partial charge in [0.15, 0.2) is 11.6 Å². The second-order valence-electron chi connectivity index (χ2n) is 5.70. The van der Waals surface area contributed by atoms with Gasteiger partial charge in [-0.1, -0.05) is 46.3 Å². The normalized spacial score (nSPS) is 21.2. The molecule has 0 aliphatic heterocycles. The van der Waals surface area contributed by atoms with Crippen LogP contribution in [-0.4, -0.2) is 27.9 Å². The van der Waals surface area contributed by atoms with Crippen LogP contribution >= 0.6 is 15.9 Å². The Morgan fingerprint density at radius 3 is 1.95 bits per heavy atom. The Morgan fingerprint density at radius 1 is 0.773 bits per heavy atom. The van der Waals surface area contributed by atoms with Crippen LogP contribution in [0.25, 0.3) is 11.1 Å². The van der Waals surface area contributed by atoms with Crippen LogP contribution in [0.3, 0.4) is 0 Å². The van der Waals surface area contributed by atoms with Crippen molar-refractivity contribution in [1.29, 1.82) is 0 Å². The summed E-state index contributed by atoms with van der Waals surface area (Å²) in [5, 5.41) is 0. The molecule has 2 aromatic carbocycles. The topological polar surface area (TPSA) is 0 Å². The number of halogens is 3. The van der Waals surface area contributed by atoms with Gasteiger partial charge in [-0.15, -0.1) is 0 Å². The molecule has 0 atom stereocenters. The second-order valence-corrected chi connectivity index (χ2v) is 6.99. The van der Waals surface area contributed by atoms with E-state index in [4.69, 9.17) is 0 Å². The molecule has 0 unspecified atom stereocenters. The Labute approximate surface area is 154 Å². The Bertz CT molecular complexity index is 619. The van der Waals surface area contributed by atoms with E-state index in [0.717, 1.165) is 5.56 Å². The summed E-state index contributed by atoms with van der Waals surface area (Å²) >= 11 is 3.68. The molecule has 4 heteroatoms. The van der Waals surface area contributed by atoms with E-state index in [0.29, 0.717) is 16.3 Å². The summed E-state index contributed by atoms with van der Waals surface area (Å²) in [6.45, 7) is 0. The Hall–Kier alpha value is -0.454. The molecule has 3 rings (SSSR count). The molecule has 0 amide bonds. The Morgan fingerprint density at radius 2 is 1.36 bits per heavy atom. The van der Waals surface area contributed by atoms with Crippen molar-refractivity contribution in [3.05, 3.63) is 59.7 Å². The van der Waals surface area contributed by atoms with Crippen molar-refractivity contribution < 1.29 is 8.78 Å². The van der Waals surface area contributed by atoms with Gasteiger partial charge in [0.1, 0.15) is 0 Å². The highest BCUT2D eigenvalue weighted by Gasteiger charge is 2.20. The first-order valence-electron chi connectivity index (χ1n) is 7.33. The van der Waals surface area contributed by atoms with Gasteiger partial charge >= 0.3 is 23.1 Å². The molecule has 1 aliphatic carbocycles. The van der Waals surface area contributed by atoms with Gasteiger partial charge in [-0.05, 0) is 60.4 Å². The largest absolute Gasteiger partial charge is 0.316 e.